The largest absolute Gasteiger partial charge is 0.220 e. The summed E-state index contributed by atoms with van der Waals surface area (Å²) in [6, 6.07) is 3.88. The molecule has 0 N–H and O–H groups in total. The summed E-state index contributed by atoms with van der Waals surface area (Å²) < 4.78 is 1.88. The Morgan fingerprint density at radius 1 is 1.10 bits per heavy atom. The van der Waals surface area contributed by atoms with Gasteiger partial charge in [0.1, 0.15) is 11.0 Å². The fourth-order valence-corrected chi connectivity index (χ4v) is 2.13. The van der Waals surface area contributed by atoms with E-state index in [-0.39, 0.29) is 5.41 Å². The van der Waals surface area contributed by atoms with Crippen LogP contribution in [0.15, 0.2) is 12.1 Å². The Hall–Kier alpha value is -1.42. The van der Waals surface area contributed by atoms with Crippen molar-refractivity contribution in [2.45, 2.75) is 52.9 Å². The van der Waals surface area contributed by atoms with E-state index in [1.165, 1.54) is 0 Å². The average Bonchev–Trinajstić information content (AvgIpc) is 2.80. The molecule has 0 spiro atoms. The maximum absolute atomic E-state index is 6.15. The second-order valence-corrected chi connectivity index (χ2v) is 6.26. The first kappa shape index (κ1) is 15.0. The Morgan fingerprint density at radius 2 is 1.80 bits per heavy atom. The first-order valence-electron chi connectivity index (χ1n) is 6.98. The third-order valence-electron chi connectivity index (χ3n) is 3.13. The molecule has 2 rings (SSSR count). The van der Waals surface area contributed by atoms with Crippen LogP contribution in [0.2, 0.25) is 5.15 Å². The zero-order valence-electron chi connectivity index (χ0n) is 12.7. The van der Waals surface area contributed by atoms with Crippen molar-refractivity contribution in [3.63, 3.8) is 0 Å². The van der Waals surface area contributed by atoms with Crippen LogP contribution in [0.3, 0.4) is 0 Å². The van der Waals surface area contributed by atoms with Gasteiger partial charge >= 0.3 is 0 Å². The summed E-state index contributed by atoms with van der Waals surface area (Å²) in [5.41, 5.74) is 2.05. The van der Waals surface area contributed by atoms with E-state index in [0.717, 1.165) is 35.9 Å². The zero-order valence-corrected chi connectivity index (χ0v) is 13.5. The van der Waals surface area contributed by atoms with Crippen LogP contribution >= 0.6 is 11.6 Å². The third kappa shape index (κ3) is 3.01. The molecule has 20 heavy (non-hydrogen) atoms. The summed E-state index contributed by atoms with van der Waals surface area (Å²) in [6.45, 7) is 10.4. The molecule has 0 aliphatic carbocycles. The summed E-state index contributed by atoms with van der Waals surface area (Å²) in [5, 5.41) is 5.06. The van der Waals surface area contributed by atoms with Crippen molar-refractivity contribution in [3.8, 4) is 5.82 Å². The van der Waals surface area contributed by atoms with Gasteiger partial charge in [-0.2, -0.15) is 5.10 Å². The fourth-order valence-electron chi connectivity index (χ4n) is 1.95. The molecule has 2 aromatic heterocycles. The topological polar surface area (TPSA) is 43.6 Å². The van der Waals surface area contributed by atoms with E-state index in [1.807, 2.05) is 4.68 Å². The van der Waals surface area contributed by atoms with Gasteiger partial charge < -0.3 is 0 Å². The molecule has 0 unspecified atom stereocenters. The standard InChI is InChI=1S/C15H21ClN4/c1-6-10-8-11(7-2)20(19-10)13-9-12(16)17-14(18-13)15(3,4)5/h8-9H,6-7H2,1-5H3. The minimum Gasteiger partial charge on any atom is -0.220 e. The smallest absolute Gasteiger partial charge is 0.158 e. The lowest BCUT2D eigenvalue weighted by atomic mass is 9.96. The van der Waals surface area contributed by atoms with Gasteiger partial charge in [-0.1, -0.05) is 46.2 Å². The van der Waals surface area contributed by atoms with E-state index in [9.17, 15) is 0 Å². The lowest BCUT2D eigenvalue weighted by Crippen LogP contribution is -2.18. The lowest BCUT2D eigenvalue weighted by molar-refractivity contribution is 0.541. The highest BCUT2D eigenvalue weighted by atomic mass is 35.5. The van der Waals surface area contributed by atoms with Gasteiger partial charge in [0.25, 0.3) is 0 Å². The second-order valence-electron chi connectivity index (χ2n) is 5.87. The van der Waals surface area contributed by atoms with Gasteiger partial charge in [0.2, 0.25) is 0 Å². The number of aromatic nitrogens is 4. The van der Waals surface area contributed by atoms with E-state index in [0.29, 0.717) is 5.15 Å². The van der Waals surface area contributed by atoms with Gasteiger partial charge in [0.15, 0.2) is 5.82 Å². The zero-order chi connectivity index (χ0) is 14.9. The summed E-state index contributed by atoms with van der Waals surface area (Å²) >= 11 is 6.15. The normalized spacial score (nSPS) is 11.9. The molecule has 108 valence electrons. The van der Waals surface area contributed by atoms with Gasteiger partial charge in [-0.15, -0.1) is 0 Å². The van der Waals surface area contributed by atoms with Crippen molar-refractivity contribution in [2.75, 3.05) is 0 Å². The first-order chi connectivity index (χ1) is 9.35. The lowest BCUT2D eigenvalue weighted by Gasteiger charge is -2.17. The van der Waals surface area contributed by atoms with Crippen molar-refractivity contribution < 1.29 is 0 Å². The van der Waals surface area contributed by atoms with E-state index in [2.05, 4.69) is 55.8 Å². The SMILES string of the molecule is CCc1cc(CC)n(-c2cc(Cl)nc(C(C)(C)C)n2)n1. The second kappa shape index (κ2) is 5.52. The highest BCUT2D eigenvalue weighted by Crippen LogP contribution is 2.22. The van der Waals surface area contributed by atoms with Crippen molar-refractivity contribution >= 4 is 11.6 Å². The minimum atomic E-state index is -0.146. The average molecular weight is 293 g/mol. The number of nitrogens with zero attached hydrogens (tertiary/aromatic N) is 4. The third-order valence-corrected chi connectivity index (χ3v) is 3.32. The van der Waals surface area contributed by atoms with Crippen molar-refractivity contribution in [3.05, 3.63) is 34.5 Å². The summed E-state index contributed by atoms with van der Waals surface area (Å²) in [5.74, 6) is 1.47. The van der Waals surface area contributed by atoms with Crippen LogP contribution in [0, 0.1) is 0 Å². The van der Waals surface area contributed by atoms with E-state index >= 15 is 0 Å². The summed E-state index contributed by atoms with van der Waals surface area (Å²) in [7, 11) is 0. The van der Waals surface area contributed by atoms with Crippen LogP contribution in [-0.2, 0) is 18.3 Å². The van der Waals surface area contributed by atoms with Crippen LogP contribution in [0.25, 0.3) is 5.82 Å². The van der Waals surface area contributed by atoms with Gasteiger partial charge in [-0.3, -0.25) is 0 Å². The molecule has 0 radical (unpaired) electrons. The van der Waals surface area contributed by atoms with Crippen molar-refractivity contribution in [1.82, 2.24) is 19.7 Å². The Morgan fingerprint density at radius 3 is 2.35 bits per heavy atom. The molecule has 2 aromatic rings. The molecule has 0 aromatic carbocycles. The van der Waals surface area contributed by atoms with Crippen LogP contribution < -0.4 is 0 Å². The molecular formula is C15H21ClN4. The summed E-state index contributed by atoms with van der Waals surface area (Å²) in [6.07, 6.45) is 1.81. The number of hydrogen-bond donors (Lipinski definition) is 0. The highest BCUT2D eigenvalue weighted by molar-refractivity contribution is 6.29. The number of hydrogen-bond acceptors (Lipinski definition) is 3. The van der Waals surface area contributed by atoms with E-state index in [4.69, 9.17) is 11.6 Å². The van der Waals surface area contributed by atoms with Gasteiger partial charge in [-0.25, -0.2) is 14.6 Å². The number of rotatable bonds is 3. The molecule has 0 bridgehead atoms. The van der Waals surface area contributed by atoms with Gasteiger partial charge in [0.05, 0.1) is 5.69 Å². The molecule has 0 saturated carbocycles. The van der Waals surface area contributed by atoms with Crippen LogP contribution in [-0.4, -0.2) is 19.7 Å². The number of halogens is 1. The molecule has 0 fully saturated rings. The Bertz CT molecular complexity index is 611. The Labute approximate surface area is 125 Å². The van der Waals surface area contributed by atoms with Gasteiger partial charge in [0, 0.05) is 17.2 Å². The van der Waals surface area contributed by atoms with Crippen LogP contribution in [0.5, 0.6) is 0 Å². The predicted molar refractivity (Wildman–Crippen MR) is 81.6 cm³/mol. The van der Waals surface area contributed by atoms with Crippen molar-refractivity contribution in [2.24, 2.45) is 0 Å². The molecule has 0 aliphatic heterocycles. The maximum Gasteiger partial charge on any atom is 0.158 e. The molecule has 0 amide bonds. The monoisotopic (exact) mass is 292 g/mol. The number of aryl methyl sites for hydroxylation is 2. The van der Waals surface area contributed by atoms with Gasteiger partial charge in [-0.05, 0) is 18.9 Å². The van der Waals surface area contributed by atoms with Crippen LogP contribution in [0.4, 0.5) is 0 Å². The minimum absolute atomic E-state index is 0.146. The molecule has 0 atom stereocenters. The molecule has 2 heterocycles. The van der Waals surface area contributed by atoms with Crippen LogP contribution in [0.1, 0.15) is 51.8 Å². The first-order valence-corrected chi connectivity index (χ1v) is 7.36. The Balaban J connectivity index is 2.58. The fraction of sp³-hybridized carbons (Fsp3) is 0.533. The molecular weight excluding hydrogens is 272 g/mol. The van der Waals surface area contributed by atoms with E-state index in [1.54, 1.807) is 6.07 Å². The Kier molecular flexibility index (Phi) is 4.14. The quantitative estimate of drug-likeness (QED) is 0.810. The predicted octanol–water partition coefficient (Wildman–Crippen LogP) is 3.74. The van der Waals surface area contributed by atoms with E-state index < -0.39 is 0 Å². The molecule has 0 aliphatic rings. The van der Waals surface area contributed by atoms with Crippen molar-refractivity contribution in [1.29, 1.82) is 0 Å². The summed E-state index contributed by atoms with van der Waals surface area (Å²) in [4.78, 5) is 8.96. The molecule has 0 saturated heterocycles. The maximum atomic E-state index is 6.15. The molecule has 5 heteroatoms. The molecule has 4 nitrogen and oxygen atoms in total. The highest BCUT2D eigenvalue weighted by Gasteiger charge is 2.20.